The number of imidazole rings is 1. The summed E-state index contributed by atoms with van der Waals surface area (Å²) < 4.78 is 1.82. The molecule has 0 bridgehead atoms. The van der Waals surface area contributed by atoms with Gasteiger partial charge in [-0.05, 0) is 6.92 Å². The van der Waals surface area contributed by atoms with Gasteiger partial charge in [0.15, 0.2) is 5.82 Å². The Hall–Kier alpha value is -1.12. The van der Waals surface area contributed by atoms with Gasteiger partial charge in [0.2, 0.25) is 0 Å². The predicted octanol–water partition coefficient (Wildman–Crippen LogP) is 0.808. The third kappa shape index (κ3) is 0.988. The van der Waals surface area contributed by atoms with Crippen molar-refractivity contribution >= 4 is 5.71 Å². The van der Waals surface area contributed by atoms with Gasteiger partial charge in [0.25, 0.3) is 0 Å². The van der Waals surface area contributed by atoms with E-state index < -0.39 is 0 Å². The second kappa shape index (κ2) is 2.01. The van der Waals surface area contributed by atoms with Crippen LogP contribution in [0, 0.1) is 5.41 Å². The summed E-state index contributed by atoms with van der Waals surface area (Å²) in [6.45, 7) is 1.72. The second-order valence-electron chi connectivity index (χ2n) is 1.99. The lowest BCUT2D eigenvalue weighted by molar-refractivity contribution is 0.894. The normalized spacial score (nSPS) is 9.56. The van der Waals surface area contributed by atoms with Gasteiger partial charge < -0.3 is 9.98 Å². The molecule has 0 saturated carbocycles. The number of hydrogen-bond acceptors (Lipinski definition) is 2. The number of rotatable bonds is 1. The standard InChI is InChI=1S/C6H9N3/c1-5(7)6-8-3-4-9(6)2/h3-4,7H,1-2H3. The van der Waals surface area contributed by atoms with E-state index in [0.29, 0.717) is 5.71 Å². The summed E-state index contributed by atoms with van der Waals surface area (Å²) in [5.41, 5.74) is 0.502. The molecule has 0 atom stereocenters. The summed E-state index contributed by atoms with van der Waals surface area (Å²) in [6.07, 6.45) is 3.51. The third-order valence-electron chi connectivity index (χ3n) is 1.16. The molecule has 0 amide bonds. The Balaban J connectivity index is 3.08. The topological polar surface area (TPSA) is 41.7 Å². The van der Waals surface area contributed by atoms with Gasteiger partial charge in [0.1, 0.15) is 0 Å². The van der Waals surface area contributed by atoms with Crippen LogP contribution in [0.25, 0.3) is 0 Å². The van der Waals surface area contributed by atoms with Crippen LogP contribution in [0.1, 0.15) is 12.7 Å². The molecule has 9 heavy (non-hydrogen) atoms. The summed E-state index contributed by atoms with van der Waals surface area (Å²) in [4.78, 5) is 3.95. The van der Waals surface area contributed by atoms with Crippen LogP contribution in [0.3, 0.4) is 0 Å². The van der Waals surface area contributed by atoms with Gasteiger partial charge >= 0.3 is 0 Å². The monoisotopic (exact) mass is 123 g/mol. The fourth-order valence-corrected chi connectivity index (χ4v) is 0.727. The number of hydrogen-bond donors (Lipinski definition) is 1. The van der Waals surface area contributed by atoms with Crippen LogP contribution in [0.5, 0.6) is 0 Å². The van der Waals surface area contributed by atoms with Gasteiger partial charge in [-0.25, -0.2) is 4.98 Å². The molecule has 0 fully saturated rings. The van der Waals surface area contributed by atoms with Crippen molar-refractivity contribution in [2.45, 2.75) is 6.92 Å². The minimum absolute atomic E-state index is 0.502. The Morgan fingerprint density at radius 3 is 2.67 bits per heavy atom. The van der Waals surface area contributed by atoms with E-state index in [1.807, 2.05) is 17.8 Å². The van der Waals surface area contributed by atoms with Crippen LogP contribution in [-0.4, -0.2) is 15.3 Å². The Labute approximate surface area is 53.9 Å². The fraction of sp³-hybridized carbons (Fsp3) is 0.333. The van der Waals surface area contributed by atoms with Crippen LogP contribution < -0.4 is 0 Å². The number of nitrogens with zero attached hydrogens (tertiary/aromatic N) is 2. The molecule has 1 aromatic heterocycles. The average molecular weight is 123 g/mol. The zero-order chi connectivity index (χ0) is 6.85. The molecule has 1 heterocycles. The molecular formula is C6H9N3. The highest BCUT2D eigenvalue weighted by Crippen LogP contribution is 1.93. The Bertz CT molecular complexity index is 224. The molecule has 0 spiro atoms. The maximum atomic E-state index is 7.21. The first-order valence-corrected chi connectivity index (χ1v) is 2.74. The minimum atomic E-state index is 0.502. The molecule has 0 unspecified atom stereocenters. The lowest BCUT2D eigenvalue weighted by Gasteiger charge is -1.95. The lowest BCUT2D eigenvalue weighted by atomic mass is 10.4. The number of aromatic nitrogens is 2. The second-order valence-corrected chi connectivity index (χ2v) is 1.99. The molecule has 0 saturated heterocycles. The van der Waals surface area contributed by atoms with Gasteiger partial charge in [0, 0.05) is 19.4 Å². The molecule has 3 nitrogen and oxygen atoms in total. The first-order valence-electron chi connectivity index (χ1n) is 2.74. The highest BCUT2D eigenvalue weighted by atomic mass is 15.0. The van der Waals surface area contributed by atoms with Crippen LogP contribution in [0.4, 0.5) is 0 Å². The molecular weight excluding hydrogens is 114 g/mol. The Morgan fingerprint density at radius 2 is 2.44 bits per heavy atom. The van der Waals surface area contributed by atoms with E-state index in [-0.39, 0.29) is 0 Å². The minimum Gasteiger partial charge on any atom is -0.333 e. The van der Waals surface area contributed by atoms with Crippen molar-refractivity contribution in [2.24, 2.45) is 7.05 Å². The maximum Gasteiger partial charge on any atom is 0.153 e. The van der Waals surface area contributed by atoms with Crippen molar-refractivity contribution in [1.82, 2.24) is 9.55 Å². The van der Waals surface area contributed by atoms with E-state index in [1.54, 1.807) is 13.1 Å². The van der Waals surface area contributed by atoms with E-state index in [4.69, 9.17) is 5.41 Å². The Kier molecular flexibility index (Phi) is 1.34. The highest BCUT2D eigenvalue weighted by Gasteiger charge is 1.97. The van der Waals surface area contributed by atoms with E-state index >= 15 is 0 Å². The summed E-state index contributed by atoms with van der Waals surface area (Å²) >= 11 is 0. The van der Waals surface area contributed by atoms with Crippen LogP contribution >= 0.6 is 0 Å². The third-order valence-corrected chi connectivity index (χ3v) is 1.16. The first kappa shape index (κ1) is 6.01. The van der Waals surface area contributed by atoms with Crippen molar-refractivity contribution in [3.63, 3.8) is 0 Å². The molecule has 0 aliphatic heterocycles. The van der Waals surface area contributed by atoms with Gasteiger partial charge in [-0.1, -0.05) is 0 Å². The van der Waals surface area contributed by atoms with Crippen molar-refractivity contribution in [3.05, 3.63) is 18.2 Å². The Morgan fingerprint density at radius 1 is 1.78 bits per heavy atom. The zero-order valence-electron chi connectivity index (χ0n) is 5.55. The summed E-state index contributed by atoms with van der Waals surface area (Å²) in [7, 11) is 1.88. The van der Waals surface area contributed by atoms with Gasteiger partial charge in [0.05, 0.1) is 5.71 Å². The lowest BCUT2D eigenvalue weighted by Crippen LogP contribution is -2.01. The van der Waals surface area contributed by atoms with Crippen LogP contribution in [-0.2, 0) is 7.05 Å². The quantitative estimate of drug-likeness (QED) is 0.551. The molecule has 48 valence electrons. The van der Waals surface area contributed by atoms with Crippen LogP contribution in [0.15, 0.2) is 12.4 Å². The van der Waals surface area contributed by atoms with E-state index in [2.05, 4.69) is 4.98 Å². The largest absolute Gasteiger partial charge is 0.333 e. The SMILES string of the molecule is CC(=N)c1nccn1C. The summed E-state index contributed by atoms with van der Waals surface area (Å²) in [6, 6.07) is 0. The molecule has 0 radical (unpaired) electrons. The first-order chi connectivity index (χ1) is 4.22. The van der Waals surface area contributed by atoms with Gasteiger partial charge in [-0.3, -0.25) is 0 Å². The predicted molar refractivity (Wildman–Crippen MR) is 35.7 cm³/mol. The smallest absolute Gasteiger partial charge is 0.153 e. The molecule has 0 aromatic carbocycles. The van der Waals surface area contributed by atoms with E-state index in [1.165, 1.54) is 0 Å². The van der Waals surface area contributed by atoms with Crippen molar-refractivity contribution in [1.29, 1.82) is 5.41 Å². The molecule has 0 aliphatic rings. The molecule has 0 aliphatic carbocycles. The zero-order valence-corrected chi connectivity index (χ0v) is 5.55. The van der Waals surface area contributed by atoms with Crippen molar-refractivity contribution < 1.29 is 0 Å². The molecule has 1 aromatic rings. The molecule has 1 rings (SSSR count). The van der Waals surface area contributed by atoms with Gasteiger partial charge in [-0.15, -0.1) is 0 Å². The average Bonchev–Trinajstić information content (AvgIpc) is 2.13. The number of aryl methyl sites for hydroxylation is 1. The van der Waals surface area contributed by atoms with E-state index in [9.17, 15) is 0 Å². The summed E-state index contributed by atoms with van der Waals surface area (Å²) in [5.74, 6) is 0.731. The van der Waals surface area contributed by atoms with Crippen molar-refractivity contribution in [2.75, 3.05) is 0 Å². The van der Waals surface area contributed by atoms with Crippen molar-refractivity contribution in [3.8, 4) is 0 Å². The molecule has 1 N–H and O–H groups in total. The maximum absolute atomic E-state index is 7.21. The van der Waals surface area contributed by atoms with E-state index in [0.717, 1.165) is 5.82 Å². The fourth-order valence-electron chi connectivity index (χ4n) is 0.727. The highest BCUT2D eigenvalue weighted by molar-refractivity contribution is 5.92. The number of nitrogens with one attached hydrogen (secondary N) is 1. The summed E-state index contributed by atoms with van der Waals surface area (Å²) in [5, 5.41) is 7.21. The molecule has 3 heteroatoms. The van der Waals surface area contributed by atoms with Crippen LogP contribution in [0.2, 0.25) is 0 Å². The van der Waals surface area contributed by atoms with Gasteiger partial charge in [-0.2, -0.15) is 0 Å².